The van der Waals surface area contributed by atoms with Crippen molar-refractivity contribution in [3.8, 4) is 11.4 Å². The molecule has 0 aliphatic carbocycles. The van der Waals surface area contributed by atoms with E-state index < -0.39 is 0 Å². The first kappa shape index (κ1) is 19.7. The third-order valence-electron chi connectivity index (χ3n) is 4.55. The minimum atomic E-state index is -0.00700. The second kappa shape index (κ2) is 9.24. The number of benzene rings is 2. The maximum absolute atomic E-state index is 12.3. The molecule has 4 aromatic rings. The van der Waals surface area contributed by atoms with Gasteiger partial charge in [0.2, 0.25) is 5.91 Å². The highest BCUT2D eigenvalue weighted by Crippen LogP contribution is 2.34. The Labute approximate surface area is 178 Å². The lowest BCUT2D eigenvalue weighted by molar-refractivity contribution is -0.118. The Morgan fingerprint density at radius 2 is 1.90 bits per heavy atom. The number of carbonyl (C=O) groups excluding carboxylic acids is 1. The molecule has 2 aromatic heterocycles. The second-order valence-corrected chi connectivity index (χ2v) is 8.51. The zero-order valence-electron chi connectivity index (χ0n) is 16.2. The van der Waals surface area contributed by atoms with Crippen LogP contribution in [-0.4, -0.2) is 26.4 Å². The molecular formula is C22H22N4OS2. The van der Waals surface area contributed by atoms with Crippen molar-refractivity contribution in [3.05, 3.63) is 65.5 Å². The maximum Gasteiger partial charge on any atom is 0.230 e. The highest BCUT2D eigenvalue weighted by molar-refractivity contribution is 7.99. The third-order valence-corrected chi connectivity index (χ3v) is 6.48. The quantitative estimate of drug-likeness (QED) is 0.407. The monoisotopic (exact) mass is 422 g/mol. The highest BCUT2D eigenvalue weighted by Gasteiger charge is 2.17. The van der Waals surface area contributed by atoms with Crippen molar-refractivity contribution in [1.29, 1.82) is 0 Å². The lowest BCUT2D eigenvalue weighted by Gasteiger charge is -2.09. The summed E-state index contributed by atoms with van der Waals surface area (Å²) in [4.78, 5) is 12.3. The van der Waals surface area contributed by atoms with Crippen molar-refractivity contribution in [1.82, 2.24) is 20.1 Å². The molecule has 0 saturated carbocycles. The van der Waals surface area contributed by atoms with Crippen LogP contribution < -0.4 is 5.32 Å². The van der Waals surface area contributed by atoms with Crippen LogP contribution in [0.15, 0.2) is 65.1 Å². The molecule has 0 aliphatic rings. The fraction of sp³-hybridized carbons (Fsp3) is 0.227. The molecule has 0 bridgehead atoms. The number of nitrogens with one attached hydrogen (secondary N) is 1. The summed E-state index contributed by atoms with van der Waals surface area (Å²) in [5, 5.41) is 15.9. The van der Waals surface area contributed by atoms with Crippen LogP contribution in [0.1, 0.15) is 18.9 Å². The van der Waals surface area contributed by atoms with Crippen LogP contribution in [0.2, 0.25) is 0 Å². The highest BCUT2D eigenvalue weighted by atomic mass is 32.2. The number of hydrogen-bond acceptors (Lipinski definition) is 5. The average molecular weight is 423 g/mol. The Morgan fingerprint density at radius 3 is 2.72 bits per heavy atom. The van der Waals surface area contributed by atoms with Gasteiger partial charge in [0.05, 0.1) is 5.75 Å². The summed E-state index contributed by atoms with van der Waals surface area (Å²) in [5.41, 5.74) is 2.19. The Morgan fingerprint density at radius 1 is 1.10 bits per heavy atom. The zero-order chi connectivity index (χ0) is 20.1. The van der Waals surface area contributed by atoms with Gasteiger partial charge in [0.25, 0.3) is 0 Å². The van der Waals surface area contributed by atoms with Gasteiger partial charge in [-0.15, -0.1) is 21.5 Å². The molecule has 4 rings (SSSR count). The topological polar surface area (TPSA) is 59.8 Å². The Bertz CT molecular complexity index is 1100. The number of thioether (sulfide) groups is 1. The predicted molar refractivity (Wildman–Crippen MR) is 120 cm³/mol. The van der Waals surface area contributed by atoms with Crippen LogP contribution in [-0.2, 0) is 17.9 Å². The van der Waals surface area contributed by atoms with Gasteiger partial charge in [-0.2, -0.15) is 0 Å². The first-order valence-corrected chi connectivity index (χ1v) is 11.5. The van der Waals surface area contributed by atoms with Crippen molar-refractivity contribution in [2.24, 2.45) is 0 Å². The Kier molecular flexibility index (Phi) is 6.27. The molecule has 148 valence electrons. The molecule has 1 N–H and O–H groups in total. The number of fused-ring (bicyclic) bond motifs is 1. The molecule has 0 atom stereocenters. The molecule has 5 nitrogen and oxygen atoms in total. The summed E-state index contributed by atoms with van der Waals surface area (Å²) >= 11 is 3.15. The lowest BCUT2D eigenvalue weighted by atomic mass is 10.1. The van der Waals surface area contributed by atoms with Gasteiger partial charge in [-0.3, -0.25) is 4.79 Å². The number of carbonyl (C=O) groups is 1. The van der Waals surface area contributed by atoms with Crippen molar-refractivity contribution in [2.75, 3.05) is 5.75 Å². The molecule has 29 heavy (non-hydrogen) atoms. The van der Waals surface area contributed by atoms with E-state index in [-0.39, 0.29) is 5.91 Å². The van der Waals surface area contributed by atoms with Crippen molar-refractivity contribution in [3.63, 3.8) is 0 Å². The molecule has 0 aliphatic heterocycles. The zero-order valence-corrected chi connectivity index (χ0v) is 17.8. The number of nitrogens with zero attached hydrogens (tertiary/aromatic N) is 3. The molecule has 2 heterocycles. The fourth-order valence-corrected chi connectivity index (χ4v) is 4.88. The van der Waals surface area contributed by atoms with E-state index in [4.69, 9.17) is 0 Å². The SMILES string of the molecule is CCCn1c(SCC(=O)NCc2ccccc2)nnc1-c1csc2ccccc12. The second-order valence-electron chi connectivity index (χ2n) is 6.65. The molecular weight excluding hydrogens is 400 g/mol. The van der Waals surface area contributed by atoms with E-state index in [2.05, 4.69) is 50.6 Å². The standard InChI is InChI=1S/C22H22N4OS2/c1-2-12-26-21(18-14-28-19-11-7-6-10-17(18)19)24-25-22(26)29-15-20(27)23-13-16-8-4-3-5-9-16/h3-11,14H,2,12-13,15H2,1H3,(H,23,27). The molecule has 0 unspecified atom stereocenters. The van der Waals surface area contributed by atoms with Gasteiger partial charge in [0, 0.05) is 34.1 Å². The van der Waals surface area contributed by atoms with Crippen molar-refractivity contribution < 1.29 is 4.79 Å². The van der Waals surface area contributed by atoms with Gasteiger partial charge >= 0.3 is 0 Å². The number of thiophene rings is 1. The van der Waals surface area contributed by atoms with Gasteiger partial charge in [0.15, 0.2) is 11.0 Å². The van der Waals surface area contributed by atoms with E-state index in [1.54, 1.807) is 11.3 Å². The minimum Gasteiger partial charge on any atom is -0.351 e. The van der Waals surface area contributed by atoms with Crippen molar-refractivity contribution >= 4 is 39.1 Å². The Hall–Kier alpha value is -2.64. The normalized spacial score (nSPS) is 11.1. The summed E-state index contributed by atoms with van der Waals surface area (Å²) in [6.07, 6.45) is 0.973. The molecule has 0 spiro atoms. The predicted octanol–water partition coefficient (Wildman–Crippen LogP) is 4.98. The van der Waals surface area contributed by atoms with Gasteiger partial charge < -0.3 is 9.88 Å². The fourth-order valence-electron chi connectivity index (χ4n) is 3.15. The summed E-state index contributed by atoms with van der Waals surface area (Å²) < 4.78 is 3.37. The molecule has 7 heteroatoms. The molecule has 0 radical (unpaired) electrons. The van der Waals surface area contributed by atoms with Gasteiger partial charge in [-0.05, 0) is 18.1 Å². The van der Waals surface area contributed by atoms with Crippen LogP contribution in [0.5, 0.6) is 0 Å². The smallest absolute Gasteiger partial charge is 0.230 e. The van der Waals surface area contributed by atoms with Gasteiger partial charge in [-0.25, -0.2) is 0 Å². The van der Waals surface area contributed by atoms with Crippen LogP contribution in [0.25, 0.3) is 21.5 Å². The number of aromatic nitrogens is 3. The summed E-state index contributed by atoms with van der Waals surface area (Å²) in [6.45, 7) is 3.49. The van der Waals surface area contributed by atoms with E-state index in [1.165, 1.54) is 21.8 Å². The Balaban J connectivity index is 1.47. The number of rotatable bonds is 8. The third kappa shape index (κ3) is 4.52. The van der Waals surface area contributed by atoms with E-state index in [0.29, 0.717) is 12.3 Å². The molecule has 1 amide bonds. The van der Waals surface area contributed by atoms with Crippen LogP contribution in [0.4, 0.5) is 0 Å². The number of amides is 1. The van der Waals surface area contributed by atoms with Crippen molar-refractivity contribution in [2.45, 2.75) is 31.6 Å². The first-order valence-electron chi connectivity index (χ1n) is 9.59. The van der Waals surface area contributed by atoms with Crippen LogP contribution in [0.3, 0.4) is 0 Å². The maximum atomic E-state index is 12.3. The summed E-state index contributed by atoms with van der Waals surface area (Å²) in [6, 6.07) is 18.3. The lowest BCUT2D eigenvalue weighted by Crippen LogP contribution is -2.24. The summed E-state index contributed by atoms with van der Waals surface area (Å²) in [7, 11) is 0. The van der Waals surface area contributed by atoms with E-state index in [1.807, 2.05) is 36.4 Å². The van der Waals surface area contributed by atoms with E-state index in [0.717, 1.165) is 35.1 Å². The van der Waals surface area contributed by atoms with E-state index >= 15 is 0 Å². The van der Waals surface area contributed by atoms with E-state index in [9.17, 15) is 4.79 Å². The largest absolute Gasteiger partial charge is 0.351 e. The molecule has 0 fully saturated rings. The van der Waals surface area contributed by atoms with Gasteiger partial charge in [0.1, 0.15) is 0 Å². The van der Waals surface area contributed by atoms with Crippen LogP contribution in [0, 0.1) is 0 Å². The molecule has 2 aromatic carbocycles. The van der Waals surface area contributed by atoms with Gasteiger partial charge in [-0.1, -0.05) is 67.2 Å². The first-order chi connectivity index (χ1) is 14.3. The summed E-state index contributed by atoms with van der Waals surface area (Å²) in [5.74, 6) is 1.18. The minimum absolute atomic E-state index is 0.00700. The average Bonchev–Trinajstić information content (AvgIpc) is 3.35. The number of hydrogen-bond donors (Lipinski definition) is 1. The molecule has 0 saturated heterocycles. The van der Waals surface area contributed by atoms with Crippen LogP contribution >= 0.6 is 23.1 Å².